The van der Waals surface area contributed by atoms with Crippen LogP contribution in [0.3, 0.4) is 0 Å². The third-order valence-electron chi connectivity index (χ3n) is 6.45. The number of carbonyl (C=O) groups is 3. The van der Waals surface area contributed by atoms with Gasteiger partial charge in [-0.3, -0.25) is 9.59 Å². The molecule has 43 heavy (non-hydrogen) atoms. The van der Waals surface area contributed by atoms with E-state index in [-0.39, 0.29) is 23.6 Å². The molecule has 218 valence electrons. The highest BCUT2D eigenvalue weighted by atomic mass is 16.5. The molecule has 0 aliphatic rings. The van der Waals surface area contributed by atoms with Gasteiger partial charge in [0.25, 0.3) is 0 Å². The van der Waals surface area contributed by atoms with Gasteiger partial charge in [0.2, 0.25) is 11.8 Å². The third kappa shape index (κ3) is 7.89. The topological polar surface area (TPSA) is 150 Å². The van der Waals surface area contributed by atoms with E-state index < -0.39 is 29.9 Å². The first-order valence-corrected chi connectivity index (χ1v) is 13.3. The Morgan fingerprint density at radius 3 is 2.12 bits per heavy atom. The van der Waals surface area contributed by atoms with E-state index in [9.17, 15) is 24.8 Å². The van der Waals surface area contributed by atoms with Gasteiger partial charge in [-0.15, -0.1) is 0 Å². The van der Waals surface area contributed by atoms with Crippen LogP contribution in [-0.4, -0.2) is 30.0 Å². The number of nitrogens with zero attached hydrogens (tertiary/aromatic N) is 1. The Morgan fingerprint density at radius 1 is 0.884 bits per heavy atom. The number of aliphatic carboxylic acids is 1. The molecule has 0 aromatic heterocycles. The van der Waals surface area contributed by atoms with Crippen molar-refractivity contribution < 1.29 is 29.0 Å². The summed E-state index contributed by atoms with van der Waals surface area (Å²) in [5.41, 5.74) is 2.73. The van der Waals surface area contributed by atoms with Gasteiger partial charge in [-0.1, -0.05) is 60.7 Å². The van der Waals surface area contributed by atoms with Crippen molar-refractivity contribution in [3.8, 4) is 17.6 Å². The zero-order chi connectivity index (χ0) is 30.8. The van der Waals surface area contributed by atoms with E-state index in [1.54, 1.807) is 66.7 Å². The number of rotatable bonds is 12. The van der Waals surface area contributed by atoms with Crippen LogP contribution in [0.5, 0.6) is 11.5 Å². The lowest BCUT2D eigenvalue weighted by Crippen LogP contribution is -2.39. The van der Waals surface area contributed by atoms with Gasteiger partial charge < -0.3 is 30.5 Å². The fourth-order valence-corrected chi connectivity index (χ4v) is 4.37. The smallest absolute Gasteiger partial charge is 0.330 e. The Morgan fingerprint density at radius 2 is 1.53 bits per heavy atom. The predicted molar refractivity (Wildman–Crippen MR) is 161 cm³/mol. The number of carboxylic acid groups (broad SMARTS) is 1. The first-order valence-electron chi connectivity index (χ1n) is 13.3. The summed E-state index contributed by atoms with van der Waals surface area (Å²) in [4.78, 5) is 38.4. The van der Waals surface area contributed by atoms with E-state index in [1.807, 2.05) is 36.4 Å². The van der Waals surface area contributed by atoms with Crippen LogP contribution in [0.2, 0.25) is 0 Å². The number of benzene rings is 4. The van der Waals surface area contributed by atoms with Crippen molar-refractivity contribution in [1.29, 1.82) is 5.26 Å². The lowest BCUT2D eigenvalue weighted by molar-refractivity contribution is -0.142. The summed E-state index contributed by atoms with van der Waals surface area (Å²) in [7, 11) is 1.45. The van der Waals surface area contributed by atoms with E-state index in [0.717, 1.165) is 5.56 Å². The second-order valence-electron chi connectivity index (χ2n) is 9.50. The first-order chi connectivity index (χ1) is 20.8. The largest absolute Gasteiger partial charge is 0.493 e. The molecule has 10 nitrogen and oxygen atoms in total. The molecule has 0 spiro atoms. The van der Waals surface area contributed by atoms with E-state index >= 15 is 0 Å². The number of carboxylic acids is 1. The minimum absolute atomic E-state index is 0.223. The molecule has 0 bridgehead atoms. The Bertz CT molecular complexity index is 1620. The normalized spacial score (nSPS) is 11.7. The monoisotopic (exact) mass is 578 g/mol. The molecule has 2 amide bonds. The number of nitriles is 1. The molecule has 10 heteroatoms. The Hall–Kier alpha value is -5.82. The van der Waals surface area contributed by atoms with Crippen molar-refractivity contribution in [2.75, 3.05) is 17.7 Å². The third-order valence-corrected chi connectivity index (χ3v) is 6.45. The first kappa shape index (κ1) is 30.1. The Labute approximate surface area is 248 Å². The van der Waals surface area contributed by atoms with E-state index in [0.29, 0.717) is 22.6 Å². The number of carbonyl (C=O) groups excluding carboxylic acids is 2. The summed E-state index contributed by atoms with van der Waals surface area (Å²) in [5.74, 6) is -1.72. The highest BCUT2D eigenvalue weighted by Crippen LogP contribution is 2.38. The molecular weight excluding hydrogens is 548 g/mol. The van der Waals surface area contributed by atoms with Crippen LogP contribution >= 0.6 is 0 Å². The molecule has 4 N–H and O–H groups in total. The van der Waals surface area contributed by atoms with Crippen LogP contribution in [0.1, 0.15) is 41.3 Å². The fraction of sp³-hybridized carbons (Fsp3) is 0.152. The highest BCUT2D eigenvalue weighted by molar-refractivity contribution is 5.95. The molecular formula is C33H30N4O6. The summed E-state index contributed by atoms with van der Waals surface area (Å²) in [6, 6.07) is 26.8. The summed E-state index contributed by atoms with van der Waals surface area (Å²) in [6.45, 7) is 1.55. The second-order valence-corrected chi connectivity index (χ2v) is 9.50. The zero-order valence-corrected chi connectivity index (χ0v) is 23.5. The fourth-order valence-electron chi connectivity index (χ4n) is 4.37. The number of hydrogen-bond acceptors (Lipinski definition) is 7. The van der Waals surface area contributed by atoms with Crippen LogP contribution in [0.25, 0.3) is 0 Å². The number of hydrogen-bond donors (Lipinski definition) is 4. The van der Waals surface area contributed by atoms with Crippen molar-refractivity contribution in [3.05, 3.63) is 119 Å². The Balaban J connectivity index is 1.77. The zero-order valence-electron chi connectivity index (χ0n) is 23.5. The lowest BCUT2D eigenvalue weighted by Gasteiger charge is -2.26. The molecule has 0 aliphatic carbocycles. The minimum Gasteiger partial charge on any atom is -0.493 e. The summed E-state index contributed by atoms with van der Waals surface area (Å²) in [5, 5.41) is 27.7. The van der Waals surface area contributed by atoms with Gasteiger partial charge >= 0.3 is 5.97 Å². The van der Waals surface area contributed by atoms with Gasteiger partial charge in [-0.05, 0) is 41.5 Å². The van der Waals surface area contributed by atoms with Gasteiger partial charge in [0.1, 0.15) is 12.6 Å². The van der Waals surface area contributed by atoms with E-state index in [4.69, 9.17) is 9.47 Å². The number of nitrogens with one attached hydrogen (secondary N) is 3. The SMILES string of the molecule is COc1cc([C@H](Nc2ccc(C#N)cc2)C(=O)N[C@H](C(=O)O)c2ccccc2)c(NC(C)=O)cc1OCc1ccccc1. The predicted octanol–water partition coefficient (Wildman–Crippen LogP) is 5.20. The van der Waals surface area contributed by atoms with Crippen molar-refractivity contribution in [3.63, 3.8) is 0 Å². The van der Waals surface area contributed by atoms with E-state index in [2.05, 4.69) is 16.0 Å². The molecule has 0 fully saturated rings. The highest BCUT2D eigenvalue weighted by Gasteiger charge is 2.30. The molecule has 4 rings (SSSR count). The summed E-state index contributed by atoms with van der Waals surface area (Å²) >= 11 is 0. The number of ether oxygens (including phenoxy) is 2. The molecule has 0 saturated heterocycles. The standard InChI is InChI=1S/C33H30N4O6/c1-21(38)35-27-18-29(43-20-23-9-5-3-6-10-23)28(42-2)17-26(27)31(36-25-15-13-22(19-34)14-16-25)32(39)37-30(33(40)41)24-11-7-4-8-12-24/h3-18,30-31,36H,20H2,1-2H3,(H,35,38)(H,37,39)(H,40,41)/t30-,31-/m0/s1. The van der Waals surface area contributed by atoms with Crippen molar-refractivity contribution in [2.45, 2.75) is 25.6 Å². The second kappa shape index (κ2) is 14.2. The van der Waals surface area contributed by atoms with Gasteiger partial charge in [0.05, 0.1) is 24.4 Å². The maximum Gasteiger partial charge on any atom is 0.330 e. The van der Waals surface area contributed by atoms with Crippen LogP contribution in [-0.2, 0) is 21.0 Å². The van der Waals surface area contributed by atoms with Crippen molar-refractivity contribution in [2.24, 2.45) is 0 Å². The van der Waals surface area contributed by atoms with Crippen LogP contribution in [0.4, 0.5) is 11.4 Å². The molecule has 0 saturated carbocycles. The maximum absolute atomic E-state index is 13.9. The summed E-state index contributed by atoms with van der Waals surface area (Å²) in [6.07, 6.45) is 0. The minimum atomic E-state index is -1.35. The molecule has 0 heterocycles. The quantitative estimate of drug-likeness (QED) is 0.179. The lowest BCUT2D eigenvalue weighted by atomic mass is 10.00. The maximum atomic E-state index is 13.9. The van der Waals surface area contributed by atoms with Crippen LogP contribution in [0, 0.1) is 11.3 Å². The summed E-state index contributed by atoms with van der Waals surface area (Å²) < 4.78 is 11.6. The average Bonchev–Trinajstić information content (AvgIpc) is 3.02. The molecule has 0 aliphatic heterocycles. The molecule has 4 aromatic rings. The van der Waals surface area contributed by atoms with Crippen molar-refractivity contribution in [1.82, 2.24) is 5.32 Å². The van der Waals surface area contributed by atoms with Gasteiger partial charge in [0.15, 0.2) is 17.5 Å². The molecule has 4 aromatic carbocycles. The number of anilines is 2. The van der Waals surface area contributed by atoms with E-state index in [1.165, 1.54) is 14.0 Å². The van der Waals surface area contributed by atoms with Gasteiger partial charge in [-0.25, -0.2) is 4.79 Å². The number of methoxy groups -OCH3 is 1. The molecule has 0 unspecified atom stereocenters. The van der Waals surface area contributed by atoms with Crippen LogP contribution < -0.4 is 25.4 Å². The molecule has 0 radical (unpaired) electrons. The van der Waals surface area contributed by atoms with Gasteiger partial charge in [0, 0.05) is 24.2 Å². The average molecular weight is 579 g/mol. The van der Waals surface area contributed by atoms with Crippen molar-refractivity contribution >= 4 is 29.2 Å². The van der Waals surface area contributed by atoms with Crippen LogP contribution in [0.15, 0.2) is 97.1 Å². The Kier molecular flexibility index (Phi) is 9.95. The molecule has 2 atom stereocenters. The van der Waals surface area contributed by atoms with Gasteiger partial charge in [-0.2, -0.15) is 5.26 Å². The number of amides is 2.